The molecule has 0 atom stereocenters. The van der Waals surface area contributed by atoms with Crippen molar-refractivity contribution in [1.82, 2.24) is 9.97 Å². The highest BCUT2D eigenvalue weighted by Crippen LogP contribution is 2.19. The number of ether oxygens (including phenoxy) is 2. The average molecular weight is 248 g/mol. The normalized spacial score (nSPS) is 10.3. The quantitative estimate of drug-likeness (QED) is 0.763. The molecule has 0 N–H and O–H groups in total. The Morgan fingerprint density at radius 1 is 1.17 bits per heavy atom. The number of methoxy groups -OCH3 is 1. The molecule has 0 aliphatic rings. The molecule has 5 heteroatoms. The Hall–Kier alpha value is -2.01. The first-order valence-corrected chi connectivity index (χ1v) is 5.51. The van der Waals surface area contributed by atoms with Crippen molar-refractivity contribution in [2.24, 2.45) is 0 Å². The van der Waals surface area contributed by atoms with E-state index in [2.05, 4.69) is 9.97 Å². The van der Waals surface area contributed by atoms with Crippen molar-refractivity contribution < 1.29 is 13.9 Å². The van der Waals surface area contributed by atoms with Crippen LogP contribution >= 0.6 is 0 Å². The fourth-order valence-electron chi connectivity index (χ4n) is 1.44. The summed E-state index contributed by atoms with van der Waals surface area (Å²) in [7, 11) is 1.67. The Bertz CT molecular complexity index is 503. The van der Waals surface area contributed by atoms with Crippen LogP contribution in [-0.4, -0.2) is 23.7 Å². The maximum atomic E-state index is 12.8. The molecule has 94 valence electrons. The Labute approximate surface area is 104 Å². The van der Waals surface area contributed by atoms with Crippen LogP contribution in [0.4, 0.5) is 4.39 Å². The van der Waals surface area contributed by atoms with Gasteiger partial charge >= 0.3 is 0 Å². The maximum absolute atomic E-state index is 12.8. The van der Waals surface area contributed by atoms with Crippen molar-refractivity contribution >= 4 is 0 Å². The molecular weight excluding hydrogens is 235 g/mol. The number of rotatable bonds is 5. The lowest BCUT2D eigenvalue weighted by molar-refractivity contribution is 0.202. The van der Waals surface area contributed by atoms with Crippen LogP contribution in [0, 0.1) is 5.95 Å². The van der Waals surface area contributed by atoms with Gasteiger partial charge in [-0.2, -0.15) is 4.39 Å². The molecule has 0 saturated carbocycles. The molecule has 0 unspecified atom stereocenters. The van der Waals surface area contributed by atoms with Crippen LogP contribution in [0.1, 0.15) is 5.56 Å². The number of nitrogens with zero attached hydrogens (tertiary/aromatic N) is 2. The van der Waals surface area contributed by atoms with E-state index in [1.165, 1.54) is 0 Å². The van der Waals surface area contributed by atoms with Crippen LogP contribution in [0.25, 0.3) is 0 Å². The summed E-state index contributed by atoms with van der Waals surface area (Å²) in [5, 5.41) is 0. The van der Waals surface area contributed by atoms with Gasteiger partial charge in [-0.3, -0.25) is 0 Å². The van der Waals surface area contributed by atoms with Gasteiger partial charge < -0.3 is 9.47 Å². The predicted molar refractivity (Wildman–Crippen MR) is 64.1 cm³/mol. The minimum Gasteiger partial charge on any atom is -0.439 e. The third-order valence-electron chi connectivity index (χ3n) is 2.35. The SMILES string of the molecule is COCCc1ccc(Oc2cc(F)ncn2)cc1. The van der Waals surface area contributed by atoms with Crippen molar-refractivity contribution in [1.29, 1.82) is 0 Å². The highest BCUT2D eigenvalue weighted by Gasteiger charge is 2.01. The Kier molecular flexibility index (Phi) is 4.20. The zero-order chi connectivity index (χ0) is 12.8. The van der Waals surface area contributed by atoms with Crippen LogP contribution in [0.5, 0.6) is 11.6 Å². The molecule has 2 rings (SSSR count). The lowest BCUT2D eigenvalue weighted by atomic mass is 10.1. The lowest BCUT2D eigenvalue weighted by Gasteiger charge is -2.05. The molecule has 0 amide bonds. The largest absolute Gasteiger partial charge is 0.439 e. The van der Waals surface area contributed by atoms with Crippen molar-refractivity contribution in [3.8, 4) is 11.6 Å². The second kappa shape index (κ2) is 6.07. The zero-order valence-corrected chi connectivity index (χ0v) is 9.97. The molecule has 0 bridgehead atoms. The number of benzene rings is 1. The van der Waals surface area contributed by atoms with Gasteiger partial charge in [-0.1, -0.05) is 12.1 Å². The van der Waals surface area contributed by atoms with E-state index in [4.69, 9.17) is 9.47 Å². The molecule has 18 heavy (non-hydrogen) atoms. The zero-order valence-electron chi connectivity index (χ0n) is 9.97. The summed E-state index contributed by atoms with van der Waals surface area (Å²) < 4.78 is 23.2. The first-order valence-electron chi connectivity index (χ1n) is 5.51. The molecule has 2 aromatic rings. The van der Waals surface area contributed by atoms with Gasteiger partial charge in [0.1, 0.15) is 12.1 Å². The van der Waals surface area contributed by atoms with Crippen molar-refractivity contribution in [3.63, 3.8) is 0 Å². The van der Waals surface area contributed by atoms with Crippen LogP contribution in [0.3, 0.4) is 0 Å². The van der Waals surface area contributed by atoms with Gasteiger partial charge in [0.15, 0.2) is 0 Å². The molecule has 4 nitrogen and oxygen atoms in total. The van der Waals surface area contributed by atoms with E-state index in [0.29, 0.717) is 12.4 Å². The summed E-state index contributed by atoms with van der Waals surface area (Å²) in [4.78, 5) is 7.17. The molecule has 0 spiro atoms. The summed E-state index contributed by atoms with van der Waals surface area (Å²) in [6.45, 7) is 0.678. The first kappa shape index (κ1) is 12.4. The van der Waals surface area contributed by atoms with Crippen LogP contribution < -0.4 is 4.74 Å². The molecule has 0 fully saturated rings. The highest BCUT2D eigenvalue weighted by atomic mass is 19.1. The second-order valence-corrected chi connectivity index (χ2v) is 3.67. The average Bonchev–Trinajstić information content (AvgIpc) is 2.38. The van der Waals surface area contributed by atoms with Crippen molar-refractivity contribution in [3.05, 3.63) is 48.2 Å². The molecule has 0 saturated heterocycles. The smallest absolute Gasteiger partial charge is 0.225 e. The molecule has 1 aromatic carbocycles. The third-order valence-corrected chi connectivity index (χ3v) is 2.35. The fraction of sp³-hybridized carbons (Fsp3) is 0.231. The molecular formula is C13H13FN2O2. The topological polar surface area (TPSA) is 44.2 Å². The predicted octanol–water partition coefficient (Wildman–Crippen LogP) is 2.60. The fourth-order valence-corrected chi connectivity index (χ4v) is 1.44. The minimum absolute atomic E-state index is 0.187. The summed E-state index contributed by atoms with van der Waals surface area (Å²) in [5.74, 6) is 0.179. The third kappa shape index (κ3) is 3.49. The van der Waals surface area contributed by atoms with Gasteiger partial charge in [0.25, 0.3) is 0 Å². The molecule has 1 heterocycles. The van der Waals surface area contributed by atoms with Crippen molar-refractivity contribution in [2.45, 2.75) is 6.42 Å². The number of hydrogen-bond donors (Lipinski definition) is 0. The summed E-state index contributed by atoms with van der Waals surface area (Å²) in [6.07, 6.45) is 1.97. The summed E-state index contributed by atoms with van der Waals surface area (Å²) in [6, 6.07) is 8.63. The number of aromatic nitrogens is 2. The summed E-state index contributed by atoms with van der Waals surface area (Å²) in [5.41, 5.74) is 1.15. The maximum Gasteiger partial charge on any atom is 0.225 e. The lowest BCUT2D eigenvalue weighted by Crippen LogP contribution is -1.94. The van der Waals surface area contributed by atoms with Crippen molar-refractivity contribution in [2.75, 3.05) is 13.7 Å². The van der Waals surface area contributed by atoms with Gasteiger partial charge in [0.05, 0.1) is 12.7 Å². The Morgan fingerprint density at radius 2 is 1.94 bits per heavy atom. The minimum atomic E-state index is -0.614. The van der Waals surface area contributed by atoms with E-state index in [0.717, 1.165) is 24.4 Å². The molecule has 0 aliphatic heterocycles. The Balaban J connectivity index is 2.02. The molecule has 0 radical (unpaired) electrons. The standard InChI is InChI=1S/C13H13FN2O2/c1-17-7-6-10-2-4-11(5-3-10)18-13-8-12(14)15-9-16-13/h2-5,8-9H,6-7H2,1H3. The van der Waals surface area contributed by atoms with Crippen LogP contribution in [0.2, 0.25) is 0 Å². The second-order valence-electron chi connectivity index (χ2n) is 3.67. The summed E-state index contributed by atoms with van der Waals surface area (Å²) >= 11 is 0. The molecule has 0 aliphatic carbocycles. The first-order chi connectivity index (χ1) is 8.78. The van der Waals surface area contributed by atoms with Gasteiger partial charge in [0.2, 0.25) is 11.8 Å². The molecule has 1 aromatic heterocycles. The van der Waals surface area contributed by atoms with E-state index in [1.807, 2.05) is 24.3 Å². The van der Waals surface area contributed by atoms with E-state index in [-0.39, 0.29) is 5.88 Å². The van der Waals surface area contributed by atoms with Crippen LogP contribution in [-0.2, 0) is 11.2 Å². The monoisotopic (exact) mass is 248 g/mol. The van der Waals surface area contributed by atoms with Crippen LogP contribution in [0.15, 0.2) is 36.7 Å². The van der Waals surface area contributed by atoms with Gasteiger partial charge in [0, 0.05) is 7.11 Å². The van der Waals surface area contributed by atoms with E-state index in [9.17, 15) is 4.39 Å². The van der Waals surface area contributed by atoms with E-state index < -0.39 is 5.95 Å². The van der Waals surface area contributed by atoms with E-state index in [1.54, 1.807) is 7.11 Å². The van der Waals surface area contributed by atoms with Gasteiger partial charge in [-0.05, 0) is 24.1 Å². The highest BCUT2D eigenvalue weighted by molar-refractivity contribution is 5.30. The number of hydrogen-bond acceptors (Lipinski definition) is 4. The number of halogens is 1. The van der Waals surface area contributed by atoms with E-state index >= 15 is 0 Å². The van der Waals surface area contributed by atoms with Gasteiger partial charge in [-0.25, -0.2) is 9.97 Å². The Morgan fingerprint density at radius 3 is 2.61 bits per heavy atom. The van der Waals surface area contributed by atoms with Gasteiger partial charge in [-0.15, -0.1) is 0 Å².